The van der Waals surface area contributed by atoms with Crippen LogP contribution < -0.4 is 5.32 Å². The van der Waals surface area contributed by atoms with Crippen LogP contribution in [0.3, 0.4) is 0 Å². The number of halogens is 1. The van der Waals surface area contributed by atoms with Gasteiger partial charge in [-0.1, -0.05) is 12.1 Å². The van der Waals surface area contributed by atoms with E-state index in [-0.39, 0.29) is 11.9 Å². The number of hydrogen-bond acceptors (Lipinski definition) is 5. The van der Waals surface area contributed by atoms with Crippen LogP contribution in [-0.4, -0.2) is 42.7 Å². The molecule has 5 nitrogen and oxygen atoms in total. The molecular formula is C18H19FN4O. The molecule has 2 aromatic rings. The first-order chi connectivity index (χ1) is 11.8. The van der Waals surface area contributed by atoms with Crippen LogP contribution in [0.2, 0.25) is 0 Å². The summed E-state index contributed by atoms with van der Waals surface area (Å²) >= 11 is 0. The van der Waals surface area contributed by atoms with E-state index >= 15 is 0 Å². The fraction of sp³-hybridized carbons (Fsp3) is 0.333. The number of nitrogens with one attached hydrogen (secondary N) is 1. The Morgan fingerprint density at radius 1 is 1.25 bits per heavy atom. The summed E-state index contributed by atoms with van der Waals surface area (Å²) in [6, 6.07) is 12.2. The van der Waals surface area contributed by atoms with Crippen molar-refractivity contribution in [2.75, 3.05) is 38.2 Å². The first-order valence-corrected chi connectivity index (χ1v) is 7.94. The Labute approximate surface area is 140 Å². The minimum absolute atomic E-state index is 0.0584. The zero-order valence-corrected chi connectivity index (χ0v) is 13.3. The summed E-state index contributed by atoms with van der Waals surface area (Å²) in [7, 11) is 0. The number of hydrogen-bond donors (Lipinski definition) is 1. The smallest absolute Gasteiger partial charge is 0.143 e. The van der Waals surface area contributed by atoms with E-state index < -0.39 is 0 Å². The zero-order chi connectivity index (χ0) is 16.8. The second kappa shape index (κ2) is 7.86. The number of aromatic nitrogens is 1. The largest absolute Gasteiger partial charge is 0.379 e. The van der Waals surface area contributed by atoms with Crippen LogP contribution in [0.5, 0.6) is 0 Å². The Kier molecular flexibility index (Phi) is 5.36. The van der Waals surface area contributed by atoms with Crippen LogP contribution in [0.15, 0.2) is 42.6 Å². The highest BCUT2D eigenvalue weighted by Gasteiger charge is 2.23. The van der Waals surface area contributed by atoms with Crippen molar-refractivity contribution < 1.29 is 9.13 Å². The summed E-state index contributed by atoms with van der Waals surface area (Å²) in [4.78, 5) is 6.54. The number of rotatable bonds is 5. The van der Waals surface area contributed by atoms with Crippen molar-refractivity contribution in [2.45, 2.75) is 6.04 Å². The predicted molar refractivity (Wildman–Crippen MR) is 89.0 cm³/mol. The van der Waals surface area contributed by atoms with E-state index in [0.717, 1.165) is 18.7 Å². The molecule has 1 aliphatic heterocycles. The van der Waals surface area contributed by atoms with E-state index in [9.17, 15) is 9.65 Å². The van der Waals surface area contributed by atoms with E-state index in [1.54, 1.807) is 30.5 Å². The Balaban J connectivity index is 1.79. The molecule has 1 fully saturated rings. The van der Waals surface area contributed by atoms with E-state index in [0.29, 0.717) is 31.1 Å². The molecular weight excluding hydrogens is 307 g/mol. The highest BCUT2D eigenvalue weighted by molar-refractivity contribution is 5.51. The highest BCUT2D eigenvalue weighted by atomic mass is 19.1. The lowest BCUT2D eigenvalue weighted by Crippen LogP contribution is -2.41. The van der Waals surface area contributed by atoms with Crippen molar-refractivity contribution in [1.82, 2.24) is 9.88 Å². The van der Waals surface area contributed by atoms with Gasteiger partial charge in [-0.25, -0.2) is 9.37 Å². The van der Waals surface area contributed by atoms with Crippen molar-refractivity contribution in [3.63, 3.8) is 0 Å². The summed E-state index contributed by atoms with van der Waals surface area (Å²) in [6.07, 6.45) is 1.66. The molecule has 24 heavy (non-hydrogen) atoms. The Bertz CT molecular complexity index is 708. The van der Waals surface area contributed by atoms with Crippen LogP contribution in [0.4, 0.5) is 10.2 Å². The second-order valence-corrected chi connectivity index (χ2v) is 5.61. The van der Waals surface area contributed by atoms with Gasteiger partial charge in [0.1, 0.15) is 17.7 Å². The summed E-state index contributed by atoms with van der Waals surface area (Å²) in [6.45, 7) is 3.58. The predicted octanol–water partition coefficient (Wildman–Crippen LogP) is 2.58. The lowest BCUT2D eigenvalue weighted by atomic mass is 10.0. The summed E-state index contributed by atoms with van der Waals surface area (Å²) in [5.74, 6) is 0.323. The minimum atomic E-state index is -0.246. The third-order valence-electron chi connectivity index (χ3n) is 4.13. The minimum Gasteiger partial charge on any atom is -0.379 e. The molecule has 0 amide bonds. The number of pyridine rings is 1. The first-order valence-electron chi connectivity index (χ1n) is 7.94. The van der Waals surface area contributed by atoms with Crippen LogP contribution in [0.1, 0.15) is 17.2 Å². The summed E-state index contributed by atoms with van der Waals surface area (Å²) in [5, 5.41) is 12.4. The quantitative estimate of drug-likeness (QED) is 0.915. The second-order valence-electron chi connectivity index (χ2n) is 5.61. The molecule has 1 saturated heterocycles. The fourth-order valence-electron chi connectivity index (χ4n) is 2.86. The first kappa shape index (κ1) is 16.4. The number of nitriles is 1. The lowest BCUT2D eigenvalue weighted by molar-refractivity contribution is 0.0187. The van der Waals surface area contributed by atoms with E-state index in [1.807, 2.05) is 0 Å². The number of nitrogens with zero attached hydrogens (tertiary/aromatic N) is 3. The van der Waals surface area contributed by atoms with Gasteiger partial charge in [-0.3, -0.25) is 4.90 Å². The standard InChI is InChI=1S/C18H19FN4O/c19-16-5-3-14(4-6-16)17(23-8-10-24-11-9-23)13-22-18-15(12-20)2-1-7-21-18/h1-7,17H,8-11,13H2,(H,21,22)/t17-/m0/s1. The molecule has 1 aromatic heterocycles. The fourth-order valence-corrected chi connectivity index (χ4v) is 2.86. The molecule has 124 valence electrons. The van der Waals surface area contributed by atoms with Crippen LogP contribution in [-0.2, 0) is 4.74 Å². The molecule has 1 aliphatic rings. The van der Waals surface area contributed by atoms with Gasteiger partial charge in [0, 0.05) is 25.8 Å². The van der Waals surface area contributed by atoms with Crippen molar-refractivity contribution in [2.24, 2.45) is 0 Å². The monoisotopic (exact) mass is 326 g/mol. The summed E-state index contributed by atoms with van der Waals surface area (Å²) in [5.41, 5.74) is 1.54. The van der Waals surface area contributed by atoms with Crippen LogP contribution >= 0.6 is 0 Å². The maximum Gasteiger partial charge on any atom is 0.143 e. The molecule has 1 N–H and O–H groups in total. The third-order valence-corrected chi connectivity index (χ3v) is 4.13. The molecule has 0 unspecified atom stereocenters. The number of benzene rings is 1. The number of anilines is 1. The van der Waals surface area contributed by atoms with E-state index in [1.165, 1.54) is 12.1 Å². The molecule has 0 radical (unpaired) electrons. The number of morpholine rings is 1. The third kappa shape index (κ3) is 3.88. The topological polar surface area (TPSA) is 61.2 Å². The van der Waals surface area contributed by atoms with E-state index in [4.69, 9.17) is 4.74 Å². The Morgan fingerprint density at radius 2 is 2.00 bits per heavy atom. The van der Waals surface area contributed by atoms with Gasteiger partial charge in [0.05, 0.1) is 24.8 Å². The van der Waals surface area contributed by atoms with Gasteiger partial charge in [0.25, 0.3) is 0 Å². The maximum atomic E-state index is 13.2. The Hall–Kier alpha value is -2.49. The molecule has 2 heterocycles. The van der Waals surface area contributed by atoms with Crippen LogP contribution in [0.25, 0.3) is 0 Å². The highest BCUT2D eigenvalue weighted by Crippen LogP contribution is 2.23. The van der Waals surface area contributed by atoms with Crippen molar-refractivity contribution in [3.8, 4) is 6.07 Å². The van der Waals surface area contributed by atoms with Gasteiger partial charge in [-0.15, -0.1) is 0 Å². The average molecular weight is 326 g/mol. The van der Waals surface area contributed by atoms with Crippen molar-refractivity contribution in [1.29, 1.82) is 5.26 Å². The van der Waals surface area contributed by atoms with Crippen molar-refractivity contribution >= 4 is 5.82 Å². The average Bonchev–Trinajstić information content (AvgIpc) is 2.64. The molecule has 1 atom stereocenters. The molecule has 1 aromatic carbocycles. The zero-order valence-electron chi connectivity index (χ0n) is 13.3. The maximum absolute atomic E-state index is 13.2. The molecule has 6 heteroatoms. The summed E-state index contributed by atoms with van der Waals surface area (Å²) < 4.78 is 18.7. The van der Waals surface area contributed by atoms with Gasteiger partial charge in [-0.05, 0) is 29.8 Å². The lowest BCUT2D eigenvalue weighted by Gasteiger charge is -2.35. The Morgan fingerprint density at radius 3 is 2.71 bits per heavy atom. The molecule has 0 aliphatic carbocycles. The molecule has 0 bridgehead atoms. The van der Waals surface area contributed by atoms with Crippen LogP contribution in [0, 0.1) is 17.1 Å². The SMILES string of the molecule is N#Cc1cccnc1NC[C@@H](c1ccc(F)cc1)N1CCOCC1. The molecule has 0 saturated carbocycles. The van der Waals surface area contributed by atoms with Gasteiger partial charge in [-0.2, -0.15) is 5.26 Å². The molecule has 0 spiro atoms. The number of ether oxygens (including phenoxy) is 1. The van der Waals surface area contributed by atoms with Gasteiger partial charge in [0.15, 0.2) is 0 Å². The molecule has 3 rings (SSSR count). The van der Waals surface area contributed by atoms with Crippen molar-refractivity contribution in [3.05, 3.63) is 59.5 Å². The van der Waals surface area contributed by atoms with Gasteiger partial charge < -0.3 is 10.1 Å². The van der Waals surface area contributed by atoms with Gasteiger partial charge in [0.2, 0.25) is 0 Å². The van der Waals surface area contributed by atoms with Gasteiger partial charge >= 0.3 is 0 Å². The van der Waals surface area contributed by atoms with E-state index in [2.05, 4.69) is 21.3 Å². The normalized spacial score (nSPS) is 16.3.